The molecule has 0 bridgehead atoms. The Morgan fingerprint density at radius 2 is 1.55 bits per heavy atom. The summed E-state index contributed by atoms with van der Waals surface area (Å²) in [7, 11) is -3.75. The normalized spacial score (nSPS) is 11.3. The van der Waals surface area contributed by atoms with Crippen LogP contribution in [0.5, 0.6) is 0 Å². The molecule has 0 saturated heterocycles. The van der Waals surface area contributed by atoms with Crippen molar-refractivity contribution in [3.05, 3.63) is 63.5 Å². The molecule has 104 valence electrons. The van der Waals surface area contributed by atoms with Crippen molar-refractivity contribution in [2.45, 2.75) is 4.90 Å². The van der Waals surface area contributed by atoms with Crippen LogP contribution >= 0.6 is 22.6 Å². The summed E-state index contributed by atoms with van der Waals surface area (Å²) in [5, 5.41) is 0. The van der Waals surface area contributed by atoms with Crippen molar-refractivity contribution in [3.8, 4) is 0 Å². The summed E-state index contributed by atoms with van der Waals surface area (Å²) in [6.45, 7) is 0. The molecular weight excluding hydrogens is 394 g/mol. The number of rotatable bonds is 4. The fourth-order valence-corrected chi connectivity index (χ4v) is 3.21. The molecule has 0 saturated carbocycles. The van der Waals surface area contributed by atoms with E-state index < -0.39 is 27.2 Å². The summed E-state index contributed by atoms with van der Waals surface area (Å²) in [6, 6.07) is 11.1. The summed E-state index contributed by atoms with van der Waals surface area (Å²) >= 11 is 2.10. The van der Waals surface area contributed by atoms with Crippen LogP contribution in [0.1, 0.15) is 10.4 Å². The van der Waals surface area contributed by atoms with E-state index in [0.29, 0.717) is 5.56 Å². The first-order valence-electron chi connectivity index (χ1n) is 5.65. The zero-order valence-electron chi connectivity index (χ0n) is 10.2. The Kier molecular flexibility index (Phi) is 4.54. The molecule has 0 aliphatic heterocycles. The Hall–Kier alpha value is -1.28. The Labute approximate surface area is 129 Å². The molecule has 0 aliphatic rings. The number of carbonyl (C=O) groups excluding carboxylic acids is 1. The van der Waals surface area contributed by atoms with Gasteiger partial charge in [-0.05, 0) is 59.0 Å². The molecule has 0 fully saturated rings. The summed E-state index contributed by atoms with van der Waals surface area (Å²) in [5.41, 5.74) is 0.344. The fraction of sp³-hybridized carbons (Fsp3) is 0.0714. The average molecular weight is 404 g/mol. The van der Waals surface area contributed by atoms with Crippen molar-refractivity contribution in [1.29, 1.82) is 0 Å². The maximum absolute atomic E-state index is 12.8. The maximum Gasteiger partial charge on any atom is 0.185 e. The molecule has 0 aliphatic carbocycles. The van der Waals surface area contributed by atoms with Crippen LogP contribution in [-0.2, 0) is 9.84 Å². The Morgan fingerprint density at radius 1 is 1.00 bits per heavy atom. The lowest BCUT2D eigenvalue weighted by Crippen LogP contribution is -2.16. The smallest absolute Gasteiger partial charge is 0.185 e. The van der Waals surface area contributed by atoms with Crippen LogP contribution in [0.15, 0.2) is 53.4 Å². The molecule has 2 aromatic rings. The summed E-state index contributed by atoms with van der Waals surface area (Å²) in [5.74, 6) is -1.63. The van der Waals surface area contributed by atoms with E-state index in [-0.39, 0.29) is 4.90 Å². The standard InChI is InChI=1S/C14H10FIO3S/c15-11-3-7-13(8-4-11)20(18,19)9-14(17)10-1-5-12(16)6-2-10/h1-8H,9H2. The van der Waals surface area contributed by atoms with E-state index in [1.807, 2.05) is 0 Å². The Morgan fingerprint density at radius 3 is 2.10 bits per heavy atom. The number of hydrogen-bond acceptors (Lipinski definition) is 3. The van der Waals surface area contributed by atoms with Gasteiger partial charge in [0, 0.05) is 9.13 Å². The second kappa shape index (κ2) is 6.01. The molecule has 0 atom stereocenters. The van der Waals surface area contributed by atoms with Gasteiger partial charge in [0.25, 0.3) is 0 Å². The minimum Gasteiger partial charge on any atom is -0.293 e. The van der Waals surface area contributed by atoms with Gasteiger partial charge in [-0.3, -0.25) is 4.79 Å². The highest BCUT2D eigenvalue weighted by molar-refractivity contribution is 14.1. The first kappa shape index (κ1) is 15.1. The Bertz CT molecular complexity index is 722. The van der Waals surface area contributed by atoms with E-state index in [0.717, 1.165) is 27.8 Å². The lowest BCUT2D eigenvalue weighted by molar-refractivity contribution is 0.102. The van der Waals surface area contributed by atoms with E-state index in [1.165, 1.54) is 0 Å². The van der Waals surface area contributed by atoms with Gasteiger partial charge in [-0.15, -0.1) is 0 Å². The van der Waals surface area contributed by atoms with Crippen LogP contribution in [0.25, 0.3) is 0 Å². The number of sulfone groups is 1. The van der Waals surface area contributed by atoms with Gasteiger partial charge in [0.05, 0.1) is 4.90 Å². The van der Waals surface area contributed by atoms with Crippen LogP contribution in [0, 0.1) is 9.39 Å². The summed E-state index contributed by atoms with van der Waals surface area (Å²) < 4.78 is 37.8. The first-order valence-corrected chi connectivity index (χ1v) is 8.39. The van der Waals surface area contributed by atoms with E-state index in [9.17, 15) is 17.6 Å². The van der Waals surface area contributed by atoms with Crippen molar-refractivity contribution < 1.29 is 17.6 Å². The summed E-state index contributed by atoms with van der Waals surface area (Å²) in [4.78, 5) is 11.9. The molecule has 2 aromatic carbocycles. The molecule has 0 amide bonds. The second-order valence-corrected chi connectivity index (χ2v) is 7.38. The van der Waals surface area contributed by atoms with Crippen molar-refractivity contribution in [3.63, 3.8) is 0 Å². The third kappa shape index (κ3) is 3.63. The molecule has 0 heterocycles. The van der Waals surface area contributed by atoms with E-state index >= 15 is 0 Å². The number of hydrogen-bond donors (Lipinski definition) is 0. The zero-order chi connectivity index (χ0) is 14.8. The van der Waals surface area contributed by atoms with Crippen LogP contribution in [-0.4, -0.2) is 20.0 Å². The molecule has 0 spiro atoms. The highest BCUT2D eigenvalue weighted by atomic mass is 127. The molecule has 2 rings (SSSR count). The minimum absolute atomic E-state index is 0.0576. The predicted octanol–water partition coefficient (Wildman–Crippen LogP) is 3.09. The maximum atomic E-state index is 12.8. The highest BCUT2D eigenvalue weighted by Crippen LogP contribution is 2.14. The number of halogens is 2. The van der Waals surface area contributed by atoms with Crippen molar-refractivity contribution in [1.82, 2.24) is 0 Å². The third-order valence-electron chi connectivity index (χ3n) is 2.66. The van der Waals surface area contributed by atoms with Gasteiger partial charge in [0.2, 0.25) is 0 Å². The third-order valence-corrected chi connectivity index (χ3v) is 5.01. The number of Topliss-reactive ketones (excluding diaryl/α,β-unsaturated/α-hetero) is 1. The van der Waals surface area contributed by atoms with Gasteiger partial charge in [-0.2, -0.15) is 0 Å². The van der Waals surface area contributed by atoms with Crippen molar-refractivity contribution in [2.75, 3.05) is 5.75 Å². The molecule has 6 heteroatoms. The van der Waals surface area contributed by atoms with Gasteiger partial charge in [0.1, 0.15) is 11.6 Å². The van der Waals surface area contributed by atoms with Crippen LogP contribution < -0.4 is 0 Å². The predicted molar refractivity (Wildman–Crippen MR) is 81.9 cm³/mol. The lowest BCUT2D eigenvalue weighted by Gasteiger charge is -2.04. The van der Waals surface area contributed by atoms with E-state index in [4.69, 9.17) is 0 Å². The molecule has 3 nitrogen and oxygen atoms in total. The lowest BCUT2D eigenvalue weighted by atomic mass is 10.2. The molecule has 0 N–H and O–H groups in total. The van der Waals surface area contributed by atoms with Gasteiger partial charge in [-0.25, -0.2) is 12.8 Å². The molecular formula is C14H10FIO3S. The van der Waals surface area contributed by atoms with Gasteiger partial charge in [0.15, 0.2) is 15.6 Å². The summed E-state index contributed by atoms with van der Waals surface area (Å²) in [6.07, 6.45) is 0. The SMILES string of the molecule is O=C(CS(=O)(=O)c1ccc(F)cc1)c1ccc(I)cc1. The van der Waals surface area contributed by atoms with E-state index in [1.54, 1.807) is 24.3 Å². The van der Waals surface area contributed by atoms with Gasteiger partial charge >= 0.3 is 0 Å². The Balaban J connectivity index is 2.22. The van der Waals surface area contributed by atoms with Gasteiger partial charge < -0.3 is 0 Å². The number of carbonyl (C=O) groups is 1. The first-order chi connectivity index (χ1) is 9.38. The van der Waals surface area contributed by atoms with Crippen molar-refractivity contribution >= 4 is 38.2 Å². The quantitative estimate of drug-likeness (QED) is 0.447. The second-order valence-electron chi connectivity index (χ2n) is 4.14. The van der Waals surface area contributed by atoms with Crippen molar-refractivity contribution in [2.24, 2.45) is 0 Å². The van der Waals surface area contributed by atoms with E-state index in [2.05, 4.69) is 22.6 Å². The largest absolute Gasteiger partial charge is 0.293 e. The topological polar surface area (TPSA) is 51.2 Å². The molecule has 0 aromatic heterocycles. The average Bonchev–Trinajstić information content (AvgIpc) is 2.39. The fourth-order valence-electron chi connectivity index (χ4n) is 1.62. The highest BCUT2D eigenvalue weighted by Gasteiger charge is 2.20. The minimum atomic E-state index is -3.75. The number of ketones is 1. The number of benzene rings is 2. The molecule has 0 unspecified atom stereocenters. The molecule has 20 heavy (non-hydrogen) atoms. The molecule has 0 radical (unpaired) electrons. The van der Waals surface area contributed by atoms with Gasteiger partial charge in [-0.1, -0.05) is 12.1 Å². The monoisotopic (exact) mass is 404 g/mol. The van der Waals surface area contributed by atoms with Crippen LogP contribution in [0.3, 0.4) is 0 Å². The van der Waals surface area contributed by atoms with Crippen LogP contribution in [0.2, 0.25) is 0 Å². The zero-order valence-corrected chi connectivity index (χ0v) is 13.2. The van der Waals surface area contributed by atoms with Crippen LogP contribution in [0.4, 0.5) is 4.39 Å².